The summed E-state index contributed by atoms with van der Waals surface area (Å²) in [5.41, 5.74) is -9.98. The van der Waals surface area contributed by atoms with E-state index in [2.05, 4.69) is 115 Å². The Bertz CT molecular complexity index is 5930. The van der Waals surface area contributed by atoms with Crippen molar-refractivity contribution in [2.24, 2.45) is 45.3 Å². The lowest BCUT2D eigenvalue weighted by molar-refractivity contribution is -0.339. The number of Topliss-reactive ketones (excluding diaryl/α,β-unsaturated/α-hetero) is 2. The summed E-state index contributed by atoms with van der Waals surface area (Å²) in [4.78, 5) is 169. The fourth-order valence-electron chi connectivity index (χ4n) is 26.5. The van der Waals surface area contributed by atoms with Gasteiger partial charge in [0.25, 0.3) is 11.8 Å². The van der Waals surface area contributed by atoms with Crippen LogP contribution < -0.4 is 14.8 Å². The number of ether oxygens (including phenoxy) is 11. The molecule has 0 aromatic heterocycles. The quantitative estimate of drug-likeness (QED) is 0.00757. The Morgan fingerprint density at radius 1 is 0.503 bits per heavy atom. The van der Waals surface area contributed by atoms with Crippen molar-refractivity contribution >= 4 is 87.7 Å². The Morgan fingerprint density at radius 2 is 0.893 bits per heavy atom. The van der Waals surface area contributed by atoms with E-state index in [-0.39, 0.29) is 83.4 Å². The van der Waals surface area contributed by atoms with Crippen molar-refractivity contribution in [3.63, 3.8) is 0 Å². The molecule has 4 N–H and O–H groups in total. The molecule has 149 heavy (non-hydrogen) atoms. The summed E-state index contributed by atoms with van der Waals surface area (Å²) >= 11 is 0. The van der Waals surface area contributed by atoms with E-state index >= 15 is 14.4 Å². The zero-order valence-electron chi connectivity index (χ0n) is 90.8. The highest BCUT2D eigenvalue weighted by atomic mass is 28.4. The Morgan fingerprint density at radius 3 is 1.29 bits per heavy atom. The first kappa shape index (κ1) is 116. The van der Waals surface area contributed by atoms with Crippen LogP contribution in [0, 0.1) is 45.3 Å². The average molecular weight is 2090 g/mol. The van der Waals surface area contributed by atoms with Crippen LogP contribution in [0.3, 0.4) is 0 Å². The molecule has 2 unspecified atom stereocenters. The van der Waals surface area contributed by atoms with Gasteiger partial charge >= 0.3 is 41.8 Å². The van der Waals surface area contributed by atoms with E-state index in [1.165, 1.54) is 25.7 Å². The van der Waals surface area contributed by atoms with Crippen LogP contribution in [0.25, 0.3) is 0 Å². The fraction of sp³-hybridized carbons (Fsp3) is 0.538. The fourth-order valence-corrected chi connectivity index (χ4v) is 37.5. The van der Waals surface area contributed by atoms with Gasteiger partial charge in [-0.1, -0.05) is 268 Å². The topological polar surface area (TPSA) is 401 Å². The Hall–Kier alpha value is -11.5. The summed E-state index contributed by atoms with van der Waals surface area (Å²) in [6.07, 6.45) is -7.77. The van der Waals surface area contributed by atoms with Gasteiger partial charge in [-0.2, -0.15) is 0 Å². The van der Waals surface area contributed by atoms with E-state index in [1.54, 1.807) is 183 Å². The second-order valence-corrected chi connectivity index (χ2v) is 55.6. The largest absolute Gasteiger partial charge is 0.489 e. The van der Waals surface area contributed by atoms with Crippen molar-refractivity contribution in [2.75, 3.05) is 26.4 Å². The number of hydrogen-bond donors (Lipinski definition) is 4. The number of benzene rings is 5. The molecule has 22 atom stereocenters. The molecule has 9 aliphatic rings. The van der Waals surface area contributed by atoms with Crippen LogP contribution in [-0.4, -0.2) is 218 Å². The molecule has 30 nitrogen and oxygen atoms in total. The molecular weight excluding hydrogens is 1940 g/mol. The number of ketones is 2. The number of carbonyl (C=O) groups excluding carboxylic acids is 12. The molecule has 4 bridgehead atoms. The first-order valence-corrected chi connectivity index (χ1v) is 56.1. The van der Waals surface area contributed by atoms with Gasteiger partial charge in [0.2, 0.25) is 22.5 Å². The van der Waals surface area contributed by atoms with Crippen LogP contribution in [0.5, 0.6) is 11.5 Å². The first-order chi connectivity index (χ1) is 69.9. The number of para-hydroxylation sites is 2. The zero-order chi connectivity index (χ0) is 110. The summed E-state index contributed by atoms with van der Waals surface area (Å²) in [6, 6.07) is 37.7. The lowest BCUT2D eigenvalue weighted by Crippen LogP contribution is -2.81. The average Bonchev–Trinajstić information content (AvgIpc) is 0.668. The van der Waals surface area contributed by atoms with E-state index in [0.717, 1.165) is 17.7 Å². The number of carbonyl (C=O) groups is 12. The third-order valence-electron chi connectivity index (χ3n) is 34.3. The number of imide groups is 1. The molecule has 0 radical (unpaired) electrons. The minimum Gasteiger partial charge on any atom is -0.489 e. The number of rotatable bonds is 33. The van der Waals surface area contributed by atoms with Crippen LogP contribution in [0.2, 0.25) is 33.2 Å². The number of amides is 3. The zero-order valence-corrected chi connectivity index (χ0v) is 92.8. The van der Waals surface area contributed by atoms with Crippen molar-refractivity contribution < 1.29 is 134 Å². The maximum atomic E-state index is 16.2. The van der Waals surface area contributed by atoms with Crippen LogP contribution in [0.15, 0.2) is 212 Å². The standard InChI is InChI=1S/C61H77NO14Si.C33H40O10.C23H35NO4Si/c1-15-31-70-44-30-24-23-29-43(44)49(62-55(66)41-25-19-17-20-26-41)51(76-77(35(3)4,36(5)6)37(7)8)57(68)73-45-33-61(69)54(74-56(67)42-27-21-18-22-28-42)52-59(14,38(9)32-46-60(52,34-71-46)75-47(64)16-2)53(65)50(72-40(11)63)48(39(45)10)58(61,12)13;1-8-23(36)43-32-16-40-22(32)14-17(2)31(7)26(32)28(42-29(38)20-12-10-9-11-13-20)33(39)15-21(35)18(3)24(30(33,5)6)25(27(31)37)41-19(4)34;1-9-14-27-20-13-11-10-12-19(20)21-22(23(26)24(21)18(8)25)28-29(15(2)3,16(4)5)17(6)7/h15-30,35-38,45-46,49-52,54,69H,1-2,31-34H2,3-14H3,(H,62,66);8-13,17,21-22,25-26,28,35,39H,1,14-16H2,2-7H3;9-13,15-17,21-22H,1,14H2,2-8H3/t38-,45-,46+,49-,50+,51+,52?,54-,59+,60-,61+;17-,21-,22+,25+,26?,28-,31+,32-,33+;21-,22+/m000/s1. The van der Waals surface area contributed by atoms with Gasteiger partial charge in [0.1, 0.15) is 72.5 Å². The SMILES string of the molecule is C=CC(=O)O[C@@]12CO[C@@H]1C[C@H](C)[C@@]1(C)C(=O)[C@H](OC(C)=O)C3=C(C)[C@@H](O)C[C@@](O)([C@@H](OC(=O)c4ccccc4)C12)C3(C)C.C=CCOc1ccccc1[C@H](NC(=O)c1ccccc1)[C@@H](O[Si](C(C)C)(C(C)C)C(C)C)C(=O)O[C@H]1C[C@@]2(O)[C@@H](OC(=O)c3ccccc3)C3[C@](C)(C(=O)[C@H](OC(C)=O)C(=C1C)C2(C)C)[C@@H](C)C[C@H]1OC[C@@]31OC(=O)C=C.C=CCOc1ccccc1[C@H]1[C@@H](O[Si](C(C)C)(C(C)C)C(C)C)C(=O)N1C(C)=O. The van der Waals surface area contributed by atoms with Crippen LogP contribution in [-0.2, 0) is 94.6 Å². The van der Waals surface area contributed by atoms with E-state index < -0.39 is 223 Å². The summed E-state index contributed by atoms with van der Waals surface area (Å²) in [7, 11) is -5.44. The van der Waals surface area contributed by atoms with Gasteiger partial charge in [0.05, 0.1) is 48.3 Å². The van der Waals surface area contributed by atoms with Crippen LogP contribution >= 0.6 is 0 Å². The number of nitrogens with one attached hydrogen (secondary N) is 1. The minimum atomic E-state index is -3.14. The van der Waals surface area contributed by atoms with Crippen molar-refractivity contribution in [3.8, 4) is 11.5 Å². The number of aliphatic hydroxyl groups is 3. The molecule has 7 fully saturated rings. The smallest absolute Gasteiger partial charge is 0.338 e. The molecule has 0 spiro atoms. The second-order valence-electron chi connectivity index (χ2n) is 44.8. The summed E-state index contributed by atoms with van der Waals surface area (Å²) in [5.74, 6) is -10.4. The van der Waals surface area contributed by atoms with Gasteiger partial charge in [-0.15, -0.1) is 0 Å². The summed E-state index contributed by atoms with van der Waals surface area (Å²) < 4.78 is 82.6. The Labute approximate surface area is 877 Å². The van der Waals surface area contributed by atoms with Gasteiger partial charge in [-0.3, -0.25) is 38.5 Å². The molecule has 3 saturated heterocycles. The third kappa shape index (κ3) is 20.6. The van der Waals surface area contributed by atoms with E-state index in [0.29, 0.717) is 63.4 Å². The summed E-state index contributed by atoms with van der Waals surface area (Å²) in [5, 5.41) is 41.8. The highest BCUT2D eigenvalue weighted by Crippen LogP contribution is 2.69. The molecular formula is C117H152N2O28Si2. The van der Waals surface area contributed by atoms with Crippen molar-refractivity contribution in [1.29, 1.82) is 0 Å². The number of fused-ring (bicyclic) bond motifs is 10. The molecule has 3 aliphatic heterocycles. The van der Waals surface area contributed by atoms with E-state index in [4.69, 9.17) is 61.0 Å². The maximum Gasteiger partial charge on any atom is 0.338 e. The lowest BCUT2D eigenvalue weighted by Gasteiger charge is -2.68. The van der Waals surface area contributed by atoms with Crippen LogP contribution in [0.4, 0.5) is 0 Å². The number of likely N-dealkylation sites (tertiary alicyclic amines) is 1. The monoisotopic (exact) mass is 2090 g/mol. The van der Waals surface area contributed by atoms with Gasteiger partial charge in [0, 0.05) is 84.1 Å². The molecule has 5 aromatic carbocycles. The highest BCUT2D eigenvalue weighted by Gasteiger charge is 2.81. The van der Waals surface area contributed by atoms with Gasteiger partial charge < -0.3 is 81.6 Å². The third-order valence-corrected chi connectivity index (χ3v) is 46.5. The molecule has 32 heteroatoms. The molecule has 806 valence electrons. The van der Waals surface area contributed by atoms with Crippen molar-refractivity contribution in [3.05, 3.63) is 240 Å². The molecule has 4 saturated carbocycles. The van der Waals surface area contributed by atoms with Crippen LogP contribution in [0.1, 0.15) is 253 Å². The second kappa shape index (κ2) is 45.2. The highest BCUT2D eigenvalue weighted by molar-refractivity contribution is 6.78. The normalized spacial score (nSPS) is 29.9. The minimum absolute atomic E-state index is 0.0771. The molecule has 3 amide bonds. The Kier molecular flexibility index (Phi) is 35.3. The van der Waals surface area contributed by atoms with E-state index in [1.807, 2.05) is 38.1 Å². The van der Waals surface area contributed by atoms with Crippen molar-refractivity contribution in [1.82, 2.24) is 10.2 Å². The number of nitrogens with zero attached hydrogens (tertiary/aromatic N) is 1. The van der Waals surface area contributed by atoms with E-state index in [9.17, 15) is 58.5 Å². The Balaban J connectivity index is 0.000000227. The lowest BCUT2D eigenvalue weighted by atomic mass is 9.43. The molecule has 14 rings (SSSR count). The summed E-state index contributed by atoms with van der Waals surface area (Å²) in [6.45, 7) is 61.1. The maximum absolute atomic E-state index is 16.2. The predicted octanol–water partition coefficient (Wildman–Crippen LogP) is 18.3. The van der Waals surface area contributed by atoms with Gasteiger partial charge in [-0.05, 0) is 143 Å². The molecule has 6 aliphatic carbocycles. The number of esters is 7. The predicted molar refractivity (Wildman–Crippen MR) is 562 cm³/mol. The number of aliphatic hydroxyl groups excluding tert-OH is 1. The number of β-lactam (4-membered cyclic amide) rings is 1. The molecule has 5 aromatic rings. The number of hydrogen-bond acceptors (Lipinski definition) is 28. The van der Waals surface area contributed by atoms with Gasteiger partial charge in [0.15, 0.2) is 47.2 Å². The first-order valence-electron chi connectivity index (χ1n) is 51.8. The molecule has 3 heterocycles. The van der Waals surface area contributed by atoms with Crippen molar-refractivity contribution in [2.45, 2.75) is 328 Å². The van der Waals surface area contributed by atoms with Gasteiger partial charge in [-0.25, -0.2) is 24.0 Å².